The van der Waals surface area contributed by atoms with E-state index in [9.17, 15) is 4.39 Å². The van der Waals surface area contributed by atoms with Gasteiger partial charge in [0.15, 0.2) is 17.3 Å². The predicted octanol–water partition coefficient (Wildman–Crippen LogP) is 1.38. The molecule has 15 heavy (non-hydrogen) atoms. The summed E-state index contributed by atoms with van der Waals surface area (Å²) in [6.45, 7) is 1.14. The van der Waals surface area contributed by atoms with Crippen molar-refractivity contribution in [1.82, 2.24) is 0 Å². The van der Waals surface area contributed by atoms with Crippen molar-refractivity contribution in [2.75, 3.05) is 13.2 Å². The second-order valence-electron chi connectivity index (χ2n) is 3.23. The minimum absolute atomic E-state index is 0.155. The first kappa shape index (κ1) is 10.2. The third kappa shape index (κ3) is 2.03. The van der Waals surface area contributed by atoms with E-state index in [0.29, 0.717) is 24.5 Å². The summed E-state index contributed by atoms with van der Waals surface area (Å²) in [6.07, 6.45) is 0.733. The van der Waals surface area contributed by atoms with Crippen molar-refractivity contribution in [3.8, 4) is 11.5 Å². The molecule has 0 unspecified atom stereocenters. The summed E-state index contributed by atoms with van der Waals surface area (Å²) in [5.74, 6) is 5.11. The van der Waals surface area contributed by atoms with E-state index in [1.807, 2.05) is 0 Å². The van der Waals surface area contributed by atoms with Crippen LogP contribution in [-0.2, 0) is 11.4 Å². The Hall–Kier alpha value is -1.33. The number of fused-ring (bicyclic) bond motifs is 1. The van der Waals surface area contributed by atoms with E-state index in [0.717, 1.165) is 6.42 Å². The van der Waals surface area contributed by atoms with Crippen LogP contribution in [0.15, 0.2) is 12.1 Å². The molecule has 0 amide bonds. The first-order valence-corrected chi connectivity index (χ1v) is 4.71. The Labute approximate surface area is 86.7 Å². The molecule has 1 heterocycles. The van der Waals surface area contributed by atoms with Crippen molar-refractivity contribution >= 4 is 0 Å². The van der Waals surface area contributed by atoms with E-state index in [1.54, 1.807) is 6.07 Å². The fourth-order valence-electron chi connectivity index (χ4n) is 1.48. The van der Waals surface area contributed by atoms with Crippen LogP contribution in [0.1, 0.15) is 12.0 Å². The van der Waals surface area contributed by atoms with Gasteiger partial charge in [0.1, 0.15) is 0 Å². The van der Waals surface area contributed by atoms with Gasteiger partial charge in [-0.05, 0) is 12.1 Å². The minimum atomic E-state index is -0.423. The SMILES string of the molecule is NOCc1ccc(F)c2c1OCCCO2. The number of benzene rings is 1. The normalized spacial score (nSPS) is 14.8. The molecule has 0 spiro atoms. The van der Waals surface area contributed by atoms with Crippen LogP contribution in [0.3, 0.4) is 0 Å². The van der Waals surface area contributed by atoms with Crippen molar-refractivity contribution < 1.29 is 18.7 Å². The molecule has 0 radical (unpaired) electrons. The number of nitrogens with two attached hydrogens (primary N) is 1. The van der Waals surface area contributed by atoms with Crippen LogP contribution in [-0.4, -0.2) is 13.2 Å². The smallest absolute Gasteiger partial charge is 0.197 e. The quantitative estimate of drug-likeness (QED) is 0.754. The molecule has 0 saturated heterocycles. The molecule has 0 fully saturated rings. The zero-order valence-corrected chi connectivity index (χ0v) is 8.16. The van der Waals surface area contributed by atoms with E-state index >= 15 is 0 Å². The first-order chi connectivity index (χ1) is 7.33. The van der Waals surface area contributed by atoms with Crippen molar-refractivity contribution in [2.45, 2.75) is 13.0 Å². The standard InChI is InChI=1S/C10H12FNO3/c11-8-3-2-7(6-15-12)9-10(8)14-5-1-4-13-9/h2-3H,1,4-6,12H2. The van der Waals surface area contributed by atoms with Gasteiger partial charge in [-0.25, -0.2) is 10.3 Å². The molecule has 0 bridgehead atoms. The van der Waals surface area contributed by atoms with Gasteiger partial charge in [0.2, 0.25) is 0 Å². The summed E-state index contributed by atoms with van der Waals surface area (Å²) in [7, 11) is 0. The number of ether oxygens (including phenoxy) is 2. The minimum Gasteiger partial charge on any atom is -0.489 e. The largest absolute Gasteiger partial charge is 0.489 e. The molecule has 82 valence electrons. The second kappa shape index (κ2) is 4.46. The monoisotopic (exact) mass is 213 g/mol. The molecular formula is C10H12FNO3. The molecule has 0 aliphatic carbocycles. The van der Waals surface area contributed by atoms with Crippen molar-refractivity contribution in [2.24, 2.45) is 5.90 Å². The maximum atomic E-state index is 13.4. The third-order valence-corrected chi connectivity index (χ3v) is 2.17. The van der Waals surface area contributed by atoms with Crippen LogP contribution in [0, 0.1) is 5.82 Å². The summed E-state index contributed by atoms with van der Waals surface area (Å²) in [5.41, 5.74) is 0.691. The highest BCUT2D eigenvalue weighted by atomic mass is 19.1. The summed E-state index contributed by atoms with van der Waals surface area (Å²) in [6, 6.07) is 2.90. The van der Waals surface area contributed by atoms with E-state index in [1.165, 1.54) is 6.07 Å². The lowest BCUT2D eigenvalue weighted by molar-refractivity contribution is 0.121. The molecule has 0 saturated carbocycles. The van der Waals surface area contributed by atoms with Gasteiger partial charge in [0.25, 0.3) is 0 Å². The Morgan fingerprint density at radius 2 is 2.00 bits per heavy atom. The maximum Gasteiger partial charge on any atom is 0.197 e. The van der Waals surface area contributed by atoms with Gasteiger partial charge < -0.3 is 9.47 Å². The lowest BCUT2D eigenvalue weighted by atomic mass is 10.2. The molecule has 1 aromatic carbocycles. The maximum absolute atomic E-state index is 13.4. The van der Waals surface area contributed by atoms with Gasteiger partial charge in [0.05, 0.1) is 19.8 Å². The van der Waals surface area contributed by atoms with Gasteiger partial charge in [-0.3, -0.25) is 4.84 Å². The van der Waals surface area contributed by atoms with Crippen LogP contribution < -0.4 is 15.4 Å². The molecule has 0 atom stereocenters. The van der Waals surface area contributed by atoms with E-state index in [2.05, 4.69) is 4.84 Å². The summed E-state index contributed by atoms with van der Waals surface area (Å²) in [5, 5.41) is 0. The van der Waals surface area contributed by atoms with Gasteiger partial charge >= 0.3 is 0 Å². The van der Waals surface area contributed by atoms with Crippen LogP contribution in [0.25, 0.3) is 0 Å². The molecule has 4 nitrogen and oxygen atoms in total. The van der Waals surface area contributed by atoms with Gasteiger partial charge in [-0.2, -0.15) is 0 Å². The molecule has 0 aromatic heterocycles. The Morgan fingerprint density at radius 1 is 1.27 bits per heavy atom. The highest BCUT2D eigenvalue weighted by Gasteiger charge is 2.18. The molecule has 5 heteroatoms. The average molecular weight is 213 g/mol. The predicted molar refractivity (Wildman–Crippen MR) is 51.0 cm³/mol. The molecule has 2 rings (SSSR count). The average Bonchev–Trinajstić information content (AvgIpc) is 2.48. The lowest BCUT2D eigenvalue weighted by Crippen LogP contribution is -2.03. The number of hydrogen-bond acceptors (Lipinski definition) is 4. The fraction of sp³-hybridized carbons (Fsp3) is 0.400. The van der Waals surface area contributed by atoms with Gasteiger partial charge in [0, 0.05) is 12.0 Å². The lowest BCUT2D eigenvalue weighted by Gasteiger charge is -2.12. The third-order valence-electron chi connectivity index (χ3n) is 2.17. The van der Waals surface area contributed by atoms with Crippen molar-refractivity contribution in [3.63, 3.8) is 0 Å². The Balaban J connectivity index is 2.41. The molecule has 1 aliphatic rings. The molecule has 1 aliphatic heterocycles. The Morgan fingerprint density at radius 3 is 2.73 bits per heavy atom. The topological polar surface area (TPSA) is 53.7 Å². The van der Waals surface area contributed by atoms with Gasteiger partial charge in [-0.15, -0.1) is 0 Å². The zero-order valence-electron chi connectivity index (χ0n) is 8.16. The number of hydrogen-bond donors (Lipinski definition) is 1. The van der Waals surface area contributed by atoms with Crippen LogP contribution in [0.4, 0.5) is 4.39 Å². The summed E-state index contributed by atoms with van der Waals surface area (Å²) < 4.78 is 24.1. The molecular weight excluding hydrogens is 201 g/mol. The van der Waals surface area contributed by atoms with E-state index in [-0.39, 0.29) is 12.4 Å². The van der Waals surface area contributed by atoms with Crippen LogP contribution in [0.2, 0.25) is 0 Å². The molecule has 1 aromatic rings. The van der Waals surface area contributed by atoms with E-state index < -0.39 is 5.82 Å². The van der Waals surface area contributed by atoms with Crippen LogP contribution >= 0.6 is 0 Å². The second-order valence-corrected chi connectivity index (χ2v) is 3.23. The Bertz CT molecular complexity index is 357. The Kier molecular flexibility index (Phi) is 3.03. The van der Waals surface area contributed by atoms with E-state index in [4.69, 9.17) is 15.4 Å². The highest BCUT2D eigenvalue weighted by Crippen LogP contribution is 2.36. The number of rotatable bonds is 2. The molecule has 2 N–H and O–H groups in total. The van der Waals surface area contributed by atoms with Gasteiger partial charge in [-0.1, -0.05) is 0 Å². The zero-order chi connectivity index (χ0) is 10.7. The van der Waals surface area contributed by atoms with Crippen molar-refractivity contribution in [1.29, 1.82) is 0 Å². The first-order valence-electron chi connectivity index (χ1n) is 4.71. The highest BCUT2D eigenvalue weighted by molar-refractivity contribution is 5.47. The van der Waals surface area contributed by atoms with Crippen LogP contribution in [0.5, 0.6) is 11.5 Å². The summed E-state index contributed by atoms with van der Waals surface area (Å²) in [4.78, 5) is 4.52. The summed E-state index contributed by atoms with van der Waals surface area (Å²) >= 11 is 0. The van der Waals surface area contributed by atoms with Crippen molar-refractivity contribution in [3.05, 3.63) is 23.5 Å². The number of halogens is 1. The fourth-order valence-corrected chi connectivity index (χ4v) is 1.48.